The number of halogens is 3. The Kier molecular flexibility index (Phi) is 8.42. The number of aromatic nitrogens is 1. The number of benzene rings is 1. The van der Waals surface area contributed by atoms with E-state index in [9.17, 15) is 22.8 Å². The van der Waals surface area contributed by atoms with E-state index >= 15 is 0 Å². The number of primary amides is 1. The predicted molar refractivity (Wildman–Crippen MR) is 147 cm³/mol. The third-order valence-corrected chi connectivity index (χ3v) is 8.21. The Balaban J connectivity index is 1.52. The number of anilines is 2. The molecule has 41 heavy (non-hydrogen) atoms. The van der Waals surface area contributed by atoms with E-state index in [4.69, 9.17) is 20.2 Å². The lowest BCUT2D eigenvalue weighted by molar-refractivity contribution is -0.167. The second kappa shape index (κ2) is 11.8. The second-order valence-electron chi connectivity index (χ2n) is 11.2. The molecule has 0 saturated carbocycles. The molecule has 3 aliphatic rings. The highest BCUT2D eigenvalue weighted by Gasteiger charge is 2.44. The Bertz CT molecular complexity index is 1260. The van der Waals surface area contributed by atoms with Crippen LogP contribution < -0.4 is 15.5 Å². The Morgan fingerprint density at radius 2 is 1.85 bits per heavy atom. The van der Waals surface area contributed by atoms with E-state index in [-0.39, 0.29) is 13.0 Å². The molecule has 5 rings (SSSR count). The molecule has 3 atom stereocenters. The largest absolute Gasteiger partial charge is 0.434 e. The van der Waals surface area contributed by atoms with Crippen molar-refractivity contribution in [2.45, 2.75) is 44.5 Å². The zero-order valence-corrected chi connectivity index (χ0v) is 23.3. The number of hydrogen-bond donors (Lipinski definition) is 1. The van der Waals surface area contributed by atoms with Crippen molar-refractivity contribution in [2.24, 2.45) is 11.7 Å². The Hall–Kier alpha value is -3.38. The average molecular weight is 576 g/mol. The molecule has 3 aliphatic heterocycles. The standard InChI is InChI=1S/C29H36F3N5O4/c1-18-3-4-22(37-8-6-19(16-29(30,31)32)27(37)41-28(39)26(33)38)15-23(18)21-13-24(20-5-7-35(2)17-20)34-25(14-21)36-9-11-40-12-10-36/h3-4,13-15,19-20,27H,5-12,16-17H2,1-2H3,(H2,33,38). The highest BCUT2D eigenvalue weighted by atomic mass is 19.4. The quantitative estimate of drug-likeness (QED) is 0.413. The number of nitrogens with zero attached hydrogens (tertiary/aromatic N) is 4. The second-order valence-corrected chi connectivity index (χ2v) is 11.2. The van der Waals surface area contributed by atoms with Crippen LogP contribution in [0.2, 0.25) is 0 Å². The number of amides is 1. The highest BCUT2D eigenvalue weighted by molar-refractivity contribution is 6.31. The van der Waals surface area contributed by atoms with Crippen LogP contribution in [0.5, 0.6) is 0 Å². The van der Waals surface area contributed by atoms with Crippen LogP contribution in [-0.4, -0.2) is 87.1 Å². The van der Waals surface area contributed by atoms with Gasteiger partial charge in [-0.3, -0.25) is 4.79 Å². The van der Waals surface area contributed by atoms with Gasteiger partial charge in [-0.05, 0) is 74.3 Å². The monoisotopic (exact) mass is 575 g/mol. The van der Waals surface area contributed by atoms with Crippen LogP contribution in [0, 0.1) is 12.8 Å². The lowest BCUT2D eigenvalue weighted by Crippen LogP contribution is -2.41. The number of ether oxygens (including phenoxy) is 2. The first-order chi connectivity index (χ1) is 19.5. The van der Waals surface area contributed by atoms with Crippen molar-refractivity contribution in [1.82, 2.24) is 9.88 Å². The van der Waals surface area contributed by atoms with Gasteiger partial charge in [0.2, 0.25) is 0 Å². The van der Waals surface area contributed by atoms with Gasteiger partial charge in [-0.25, -0.2) is 9.78 Å². The van der Waals surface area contributed by atoms with Gasteiger partial charge in [0, 0.05) is 49.4 Å². The SMILES string of the molecule is Cc1ccc(N2CCC(CC(F)(F)F)C2OC(=O)C(N)=O)cc1-c1cc(C2CCN(C)C2)nc(N2CCOCC2)c1. The number of likely N-dealkylation sites (N-methyl/N-ethyl adjacent to an activating group) is 1. The van der Waals surface area contributed by atoms with E-state index in [1.165, 1.54) is 0 Å². The first kappa shape index (κ1) is 29.1. The number of esters is 1. The topological polar surface area (TPSA) is 101 Å². The van der Waals surface area contributed by atoms with E-state index in [2.05, 4.69) is 29.0 Å². The van der Waals surface area contributed by atoms with Gasteiger partial charge < -0.3 is 29.9 Å². The van der Waals surface area contributed by atoms with Crippen LogP contribution in [0.25, 0.3) is 11.1 Å². The minimum absolute atomic E-state index is 0.148. The van der Waals surface area contributed by atoms with E-state index in [1.54, 1.807) is 11.0 Å². The van der Waals surface area contributed by atoms with Crippen molar-refractivity contribution in [3.05, 3.63) is 41.6 Å². The minimum atomic E-state index is -4.45. The zero-order valence-electron chi connectivity index (χ0n) is 23.3. The molecule has 0 radical (unpaired) electrons. The fourth-order valence-corrected chi connectivity index (χ4v) is 6.07. The normalized spacial score (nSPS) is 23.7. The Morgan fingerprint density at radius 1 is 1.10 bits per heavy atom. The molecule has 1 amide bonds. The van der Waals surface area contributed by atoms with E-state index in [0.29, 0.717) is 24.8 Å². The summed E-state index contributed by atoms with van der Waals surface area (Å²) in [5, 5.41) is 0. The molecule has 1 aromatic carbocycles. The van der Waals surface area contributed by atoms with E-state index < -0.39 is 36.6 Å². The van der Waals surface area contributed by atoms with Crippen molar-refractivity contribution >= 4 is 23.4 Å². The van der Waals surface area contributed by atoms with Crippen molar-refractivity contribution in [2.75, 3.05) is 62.8 Å². The first-order valence-corrected chi connectivity index (χ1v) is 14.0. The zero-order chi connectivity index (χ0) is 29.3. The predicted octanol–water partition coefficient (Wildman–Crippen LogP) is 3.45. The van der Waals surface area contributed by atoms with Crippen molar-refractivity contribution < 1.29 is 32.2 Å². The summed E-state index contributed by atoms with van der Waals surface area (Å²) in [6.45, 7) is 6.86. The van der Waals surface area contributed by atoms with Crippen LogP contribution in [0.4, 0.5) is 24.7 Å². The smallest absolute Gasteiger partial charge is 0.398 e. The van der Waals surface area contributed by atoms with Gasteiger partial charge in [0.25, 0.3) is 0 Å². The number of morpholine rings is 1. The van der Waals surface area contributed by atoms with Crippen LogP contribution in [0.15, 0.2) is 30.3 Å². The van der Waals surface area contributed by atoms with Gasteiger partial charge in [0.1, 0.15) is 5.82 Å². The number of likely N-dealkylation sites (tertiary alicyclic amines) is 1. The van der Waals surface area contributed by atoms with Crippen LogP contribution in [-0.2, 0) is 19.1 Å². The minimum Gasteiger partial charge on any atom is -0.434 e. The summed E-state index contributed by atoms with van der Waals surface area (Å²) in [4.78, 5) is 34.7. The molecule has 2 aromatic rings. The van der Waals surface area contributed by atoms with Gasteiger partial charge in [0.15, 0.2) is 6.23 Å². The van der Waals surface area contributed by atoms with Crippen LogP contribution in [0.3, 0.4) is 0 Å². The van der Waals surface area contributed by atoms with Crippen molar-refractivity contribution in [3.8, 4) is 11.1 Å². The molecule has 12 heteroatoms. The molecular formula is C29H36F3N5O4. The van der Waals surface area contributed by atoms with Crippen molar-refractivity contribution in [1.29, 1.82) is 0 Å². The molecule has 3 saturated heterocycles. The van der Waals surface area contributed by atoms with Gasteiger partial charge in [-0.2, -0.15) is 13.2 Å². The number of aryl methyl sites for hydroxylation is 1. The summed E-state index contributed by atoms with van der Waals surface area (Å²) < 4.78 is 50.9. The molecule has 0 spiro atoms. The Morgan fingerprint density at radius 3 is 2.51 bits per heavy atom. The average Bonchev–Trinajstić information content (AvgIpc) is 3.54. The summed E-state index contributed by atoms with van der Waals surface area (Å²) >= 11 is 0. The van der Waals surface area contributed by atoms with E-state index in [0.717, 1.165) is 60.8 Å². The highest BCUT2D eigenvalue weighted by Crippen LogP contribution is 2.40. The lowest BCUT2D eigenvalue weighted by atomic mass is 9.96. The number of alkyl halides is 3. The number of nitrogens with two attached hydrogens (primary N) is 1. The lowest BCUT2D eigenvalue weighted by Gasteiger charge is -2.30. The molecular weight excluding hydrogens is 539 g/mol. The fourth-order valence-electron chi connectivity index (χ4n) is 6.07. The fraction of sp³-hybridized carbons (Fsp3) is 0.552. The number of carbonyl (C=O) groups excluding carboxylic acids is 2. The molecule has 2 N–H and O–H groups in total. The molecule has 3 unspecified atom stereocenters. The number of carbonyl (C=O) groups is 2. The number of hydrogen-bond acceptors (Lipinski definition) is 8. The van der Waals surface area contributed by atoms with Crippen LogP contribution in [0.1, 0.15) is 36.4 Å². The Labute approximate surface area is 237 Å². The maximum absolute atomic E-state index is 13.4. The van der Waals surface area contributed by atoms with Gasteiger partial charge in [0.05, 0.1) is 19.6 Å². The molecule has 222 valence electrons. The molecule has 1 aromatic heterocycles. The molecule has 3 fully saturated rings. The third-order valence-electron chi connectivity index (χ3n) is 8.21. The first-order valence-electron chi connectivity index (χ1n) is 14.0. The summed E-state index contributed by atoms with van der Waals surface area (Å²) in [5.74, 6) is -2.55. The number of pyridine rings is 1. The molecule has 0 bridgehead atoms. The molecule has 0 aliphatic carbocycles. The molecule has 9 nitrogen and oxygen atoms in total. The maximum Gasteiger partial charge on any atom is 0.398 e. The van der Waals surface area contributed by atoms with Crippen LogP contribution >= 0.6 is 0 Å². The summed E-state index contributed by atoms with van der Waals surface area (Å²) in [6, 6.07) is 9.80. The maximum atomic E-state index is 13.4. The summed E-state index contributed by atoms with van der Waals surface area (Å²) in [5.41, 5.74) is 9.53. The van der Waals surface area contributed by atoms with Gasteiger partial charge in [-0.1, -0.05) is 6.07 Å². The van der Waals surface area contributed by atoms with E-state index in [1.807, 2.05) is 19.1 Å². The summed E-state index contributed by atoms with van der Waals surface area (Å²) in [6.07, 6.45) is -5.69. The summed E-state index contributed by atoms with van der Waals surface area (Å²) in [7, 11) is 2.10. The van der Waals surface area contributed by atoms with Crippen molar-refractivity contribution in [3.63, 3.8) is 0 Å². The number of rotatable bonds is 6. The van der Waals surface area contributed by atoms with Gasteiger partial charge in [-0.15, -0.1) is 0 Å². The molecule has 4 heterocycles. The van der Waals surface area contributed by atoms with Gasteiger partial charge >= 0.3 is 18.1 Å². The third kappa shape index (κ3) is 6.75.